The second-order valence-corrected chi connectivity index (χ2v) is 13.1. The fourth-order valence-electron chi connectivity index (χ4n) is 6.00. The second-order valence-electron chi connectivity index (χ2n) is 13.1. The zero-order valence-electron chi connectivity index (χ0n) is 30.3. The molecule has 0 radical (unpaired) electrons. The molecule has 2 N–H and O–H groups in total. The van der Waals surface area contributed by atoms with Crippen molar-refractivity contribution in [3.05, 3.63) is 143 Å². The summed E-state index contributed by atoms with van der Waals surface area (Å²) in [5.41, 5.74) is 4.73. The van der Waals surface area contributed by atoms with Gasteiger partial charge in [0.2, 0.25) is 11.0 Å². The van der Waals surface area contributed by atoms with Gasteiger partial charge < -0.3 is 30.4 Å². The summed E-state index contributed by atoms with van der Waals surface area (Å²) in [4.78, 5) is 17.6. The number of carbonyl (C=O) groups is 2. The third kappa shape index (κ3) is 11.3. The Morgan fingerprint density at radius 1 is 0.483 bits per heavy atom. The van der Waals surface area contributed by atoms with Crippen LogP contribution in [0.3, 0.4) is 0 Å². The topological polar surface area (TPSA) is 112 Å². The largest absolute Gasteiger partial charge is 0.542 e. The molecule has 10 rings (SSSR count). The first-order valence-electron chi connectivity index (χ1n) is 17.2. The van der Waals surface area contributed by atoms with Crippen molar-refractivity contribution < 1.29 is 81.6 Å². The fraction of sp³-hybridized carbons (Fsp3) is 0.200. The van der Waals surface area contributed by atoms with Gasteiger partial charge in [0, 0.05) is 48.5 Å². The van der Waals surface area contributed by atoms with E-state index in [2.05, 4.69) is 10.6 Å². The highest BCUT2D eigenvalue weighted by Gasteiger charge is 2.33. The molecular weight excluding hydrogens is 828 g/mol. The summed E-state index contributed by atoms with van der Waals surface area (Å²) in [6, 6.07) is 26.7. The minimum absolute atomic E-state index is 0.384. The number of pyridine rings is 2. The van der Waals surface area contributed by atoms with Gasteiger partial charge in [-0.2, -0.15) is 61.8 Å². The Morgan fingerprint density at radius 3 is 1.15 bits per heavy atom. The first-order valence-corrected chi connectivity index (χ1v) is 17.2. The predicted molar refractivity (Wildman–Crippen MR) is 186 cm³/mol. The lowest BCUT2D eigenvalue weighted by Gasteiger charge is -2.13. The number of carbonyl (C=O) groups excluding carboxylic acids is 2. The van der Waals surface area contributed by atoms with Crippen LogP contribution in [0.2, 0.25) is 0 Å². The van der Waals surface area contributed by atoms with Gasteiger partial charge in [0.25, 0.3) is 0 Å². The summed E-state index contributed by atoms with van der Waals surface area (Å²) in [6.45, 7) is 1.57. The fourth-order valence-corrected chi connectivity index (χ4v) is 6.00. The lowest BCUT2D eigenvalue weighted by Crippen LogP contribution is -2.37. The lowest BCUT2D eigenvalue weighted by atomic mass is 10.1. The van der Waals surface area contributed by atoms with E-state index in [-0.39, 0.29) is 0 Å². The van der Waals surface area contributed by atoms with Crippen molar-refractivity contribution in [2.75, 3.05) is 10.6 Å². The monoisotopic (exact) mass is 856 g/mol. The van der Waals surface area contributed by atoms with E-state index >= 15 is 0 Å². The number of aliphatic carboxylic acids is 2. The molecule has 0 atom stereocenters. The molecule has 0 unspecified atom stereocenters. The minimum Gasteiger partial charge on any atom is -0.542 e. The van der Waals surface area contributed by atoms with Crippen LogP contribution < -0.4 is 30.0 Å². The molecule has 20 heteroatoms. The molecule has 316 valence electrons. The minimum atomic E-state index is -5.19. The Labute approximate surface area is 330 Å². The van der Waals surface area contributed by atoms with Gasteiger partial charge in [0.05, 0.1) is 33.3 Å². The normalized spacial score (nSPS) is 13.3. The van der Waals surface area contributed by atoms with Gasteiger partial charge in [-0.3, -0.25) is 0 Å². The highest BCUT2D eigenvalue weighted by molar-refractivity contribution is 5.90. The zero-order valence-corrected chi connectivity index (χ0v) is 30.3. The number of benzene rings is 4. The summed E-state index contributed by atoms with van der Waals surface area (Å²) >= 11 is 0. The van der Waals surface area contributed by atoms with Crippen LogP contribution in [-0.4, -0.2) is 24.3 Å². The number of nitrogens with one attached hydrogen (secondary N) is 2. The predicted octanol–water partition coefficient (Wildman–Crippen LogP) is 6.84. The van der Waals surface area contributed by atoms with E-state index in [9.17, 15) is 52.7 Å². The molecule has 4 aromatic carbocycles. The SMILES string of the molecule is FC(F)(F)c1ccc2c(c1)c1cc[n+]2Cc2cccc(c2)C[n+]2ccc(c3cc(C(F)(F)F)ccc32)NCc2ccc(cc2)CN1.O=C([O-])C(F)(F)F.O=C([O-])C(F)(F)F. The van der Waals surface area contributed by atoms with Crippen molar-refractivity contribution in [2.24, 2.45) is 0 Å². The van der Waals surface area contributed by atoms with Crippen molar-refractivity contribution in [1.82, 2.24) is 0 Å². The maximum atomic E-state index is 13.7. The number of halogens is 12. The van der Waals surface area contributed by atoms with Crippen molar-refractivity contribution in [3.8, 4) is 0 Å². The van der Waals surface area contributed by atoms with Gasteiger partial charge >= 0.3 is 24.7 Å². The van der Waals surface area contributed by atoms with Crippen LogP contribution in [0.15, 0.2) is 109 Å². The van der Waals surface area contributed by atoms with E-state index in [0.717, 1.165) is 34.4 Å². The van der Waals surface area contributed by atoms with Gasteiger partial charge in [-0.05, 0) is 41.5 Å². The van der Waals surface area contributed by atoms with Crippen molar-refractivity contribution in [2.45, 2.75) is 50.9 Å². The Hall–Kier alpha value is -6.60. The van der Waals surface area contributed by atoms with E-state index in [1.165, 1.54) is 24.3 Å². The molecule has 0 aliphatic carbocycles. The summed E-state index contributed by atoms with van der Waals surface area (Å²) in [5, 5.41) is 25.1. The summed E-state index contributed by atoms with van der Waals surface area (Å²) in [7, 11) is 0. The summed E-state index contributed by atoms with van der Waals surface area (Å²) in [5.74, 6) is -6.01. The number of hydrogen-bond acceptors (Lipinski definition) is 6. The molecule has 0 saturated carbocycles. The Bertz CT molecular complexity index is 2350. The average Bonchev–Trinajstić information content (AvgIpc) is 3.16. The van der Waals surface area contributed by atoms with E-state index in [1.807, 2.05) is 70.1 Å². The molecule has 0 spiro atoms. The van der Waals surface area contributed by atoms with E-state index in [1.54, 1.807) is 12.1 Å². The van der Waals surface area contributed by atoms with Gasteiger partial charge in [0.1, 0.15) is 11.9 Å². The van der Waals surface area contributed by atoms with Gasteiger partial charge in [-0.15, -0.1) is 0 Å². The van der Waals surface area contributed by atoms with Crippen molar-refractivity contribution >= 4 is 45.1 Å². The standard InChI is InChI=1S/C36H26F6N4.2C2HF3O2/c37-35(38,39)27-8-10-33-29(17-27)31-12-14-45(33)21-25-2-1-3-26(16-25)22-46-15-13-32(30-18-28(36(40,41)42)9-11-34(30)46)44-20-24-6-4-23(5-7-24)19-43-31;2*3-2(4,5)1(6)7/h1-18H,19-22H2;2*(H,6,7). The molecule has 0 amide bonds. The number of carboxylic acids is 2. The number of alkyl halides is 12. The van der Waals surface area contributed by atoms with Gasteiger partial charge in [-0.1, -0.05) is 42.5 Å². The Kier molecular flexibility index (Phi) is 12.8. The molecule has 8 nitrogen and oxygen atoms in total. The Morgan fingerprint density at radius 2 is 0.833 bits per heavy atom. The van der Waals surface area contributed by atoms with E-state index in [0.29, 0.717) is 59.4 Å². The molecule has 60 heavy (non-hydrogen) atoms. The number of rotatable bonds is 0. The third-order valence-electron chi connectivity index (χ3n) is 8.84. The quantitative estimate of drug-likeness (QED) is 0.128. The van der Waals surface area contributed by atoms with E-state index < -0.39 is 47.8 Å². The van der Waals surface area contributed by atoms with Crippen LogP contribution in [0.25, 0.3) is 21.8 Å². The summed E-state index contributed by atoms with van der Waals surface area (Å²) < 4.78 is 149. The maximum Gasteiger partial charge on any atom is 0.430 e. The van der Waals surface area contributed by atoms with Crippen LogP contribution in [0, 0.1) is 0 Å². The average molecular weight is 857 g/mol. The first-order chi connectivity index (χ1) is 27.9. The molecule has 4 aliphatic heterocycles. The molecule has 8 bridgehead atoms. The van der Waals surface area contributed by atoms with Crippen LogP contribution >= 0.6 is 0 Å². The molecule has 0 fully saturated rings. The molecular formula is C40H28F12N4O4. The molecule has 2 aromatic heterocycles. The Balaban J connectivity index is 0.000000420. The smallest absolute Gasteiger partial charge is 0.430 e. The zero-order chi connectivity index (χ0) is 44.2. The van der Waals surface area contributed by atoms with Crippen molar-refractivity contribution in [3.63, 3.8) is 0 Å². The van der Waals surface area contributed by atoms with Crippen LogP contribution in [-0.2, 0) is 48.1 Å². The number of hydrogen-bond donors (Lipinski definition) is 2. The van der Waals surface area contributed by atoms with Crippen molar-refractivity contribution in [1.29, 1.82) is 0 Å². The highest BCUT2D eigenvalue weighted by atomic mass is 19.4. The summed E-state index contributed by atoms with van der Waals surface area (Å²) in [6.07, 6.45) is -15.6. The number of anilines is 2. The van der Waals surface area contributed by atoms with Gasteiger partial charge in [-0.25, -0.2) is 0 Å². The molecule has 6 heterocycles. The van der Waals surface area contributed by atoms with Gasteiger partial charge in [0.15, 0.2) is 25.5 Å². The molecule has 0 saturated heterocycles. The number of aromatic nitrogens is 2. The van der Waals surface area contributed by atoms with Crippen LogP contribution in [0.1, 0.15) is 33.4 Å². The maximum absolute atomic E-state index is 13.7. The van der Waals surface area contributed by atoms with Crippen LogP contribution in [0.5, 0.6) is 0 Å². The first kappa shape index (κ1) is 44.5. The molecule has 6 aromatic rings. The number of carboxylic acid groups (broad SMARTS) is 2. The lowest BCUT2D eigenvalue weighted by molar-refractivity contribution is -0.663. The second kappa shape index (κ2) is 17.3. The number of nitrogens with zero attached hydrogens (tertiary/aromatic N) is 2. The molecule has 4 aliphatic rings. The van der Waals surface area contributed by atoms with Crippen LogP contribution in [0.4, 0.5) is 64.1 Å². The highest BCUT2D eigenvalue weighted by Crippen LogP contribution is 2.35. The van der Waals surface area contributed by atoms with E-state index in [4.69, 9.17) is 19.8 Å². The third-order valence-corrected chi connectivity index (χ3v) is 8.84. The number of fused-ring (bicyclic) bond motifs is 1.